The number of nitrogens with zero attached hydrogens (tertiary/aromatic N) is 5. The highest BCUT2D eigenvalue weighted by molar-refractivity contribution is 7.99. The van der Waals surface area contributed by atoms with Gasteiger partial charge in [-0.05, 0) is 37.2 Å². The third-order valence-corrected chi connectivity index (χ3v) is 2.74. The second-order valence-corrected chi connectivity index (χ2v) is 5.21. The van der Waals surface area contributed by atoms with Gasteiger partial charge in [-0.15, -0.1) is 0 Å². The molecule has 0 spiro atoms. The van der Waals surface area contributed by atoms with E-state index in [2.05, 4.69) is 24.9 Å². The number of aromatic nitrogens is 5. The molecule has 2 aromatic rings. The molecule has 2 aromatic heterocycles. The minimum absolute atomic E-state index is 0.0232. The Kier molecular flexibility index (Phi) is 4.40. The zero-order valence-electron chi connectivity index (χ0n) is 10.7. The number of nitrogen functional groups attached to an aromatic ring is 2. The molecule has 10 heteroatoms. The van der Waals surface area contributed by atoms with E-state index in [9.17, 15) is 0 Å². The monoisotopic (exact) mass is 313 g/mol. The first-order valence-electron chi connectivity index (χ1n) is 5.58. The molecule has 106 valence electrons. The highest BCUT2D eigenvalue weighted by Crippen LogP contribution is 2.25. The van der Waals surface area contributed by atoms with E-state index in [1.165, 1.54) is 6.07 Å². The van der Waals surface area contributed by atoms with E-state index in [0.29, 0.717) is 10.3 Å². The zero-order valence-corrected chi connectivity index (χ0v) is 12.3. The van der Waals surface area contributed by atoms with Gasteiger partial charge in [0.15, 0.2) is 5.16 Å². The molecule has 0 aliphatic rings. The number of ether oxygens (including phenoxy) is 1. The summed E-state index contributed by atoms with van der Waals surface area (Å²) in [5.74, 6) is 0.526. The van der Waals surface area contributed by atoms with Crippen molar-refractivity contribution in [3.8, 4) is 6.01 Å². The zero-order chi connectivity index (χ0) is 14.7. The van der Waals surface area contributed by atoms with Crippen LogP contribution in [0.3, 0.4) is 0 Å². The Morgan fingerprint density at radius 1 is 1.05 bits per heavy atom. The van der Waals surface area contributed by atoms with Crippen LogP contribution in [-0.2, 0) is 0 Å². The van der Waals surface area contributed by atoms with Gasteiger partial charge in [-0.2, -0.15) is 15.0 Å². The Labute approximate surface area is 124 Å². The first kappa shape index (κ1) is 14.5. The van der Waals surface area contributed by atoms with Crippen molar-refractivity contribution in [3.05, 3.63) is 11.3 Å². The van der Waals surface area contributed by atoms with Crippen LogP contribution in [0.2, 0.25) is 5.28 Å². The van der Waals surface area contributed by atoms with Crippen LogP contribution in [0, 0.1) is 0 Å². The van der Waals surface area contributed by atoms with Gasteiger partial charge in [0.05, 0.1) is 6.10 Å². The van der Waals surface area contributed by atoms with E-state index in [0.717, 1.165) is 11.8 Å². The fraction of sp³-hybridized carbons (Fsp3) is 0.300. The van der Waals surface area contributed by atoms with Crippen molar-refractivity contribution in [1.82, 2.24) is 24.9 Å². The van der Waals surface area contributed by atoms with Gasteiger partial charge in [-0.3, -0.25) is 0 Å². The third-order valence-electron chi connectivity index (χ3n) is 1.84. The van der Waals surface area contributed by atoms with Crippen molar-refractivity contribution < 1.29 is 4.74 Å². The molecule has 0 fully saturated rings. The molecule has 20 heavy (non-hydrogen) atoms. The van der Waals surface area contributed by atoms with Gasteiger partial charge < -0.3 is 16.2 Å². The molecule has 0 saturated carbocycles. The largest absolute Gasteiger partial charge is 0.461 e. The Hall–Kier alpha value is -1.87. The number of hydrogen-bond donors (Lipinski definition) is 2. The van der Waals surface area contributed by atoms with E-state index in [1.807, 2.05) is 13.8 Å². The Balaban J connectivity index is 2.26. The molecule has 0 atom stereocenters. The van der Waals surface area contributed by atoms with Gasteiger partial charge >= 0.3 is 6.01 Å². The first-order chi connectivity index (χ1) is 9.42. The predicted molar refractivity (Wildman–Crippen MR) is 75.6 cm³/mol. The summed E-state index contributed by atoms with van der Waals surface area (Å²) in [4.78, 5) is 20.0. The fourth-order valence-electron chi connectivity index (χ4n) is 1.21. The second-order valence-electron chi connectivity index (χ2n) is 3.94. The summed E-state index contributed by atoms with van der Waals surface area (Å²) in [7, 11) is 0. The second kappa shape index (κ2) is 6.06. The van der Waals surface area contributed by atoms with Crippen LogP contribution in [0.1, 0.15) is 13.8 Å². The summed E-state index contributed by atoms with van der Waals surface area (Å²) in [5.41, 5.74) is 11.2. The smallest absolute Gasteiger partial charge is 0.322 e. The highest BCUT2D eigenvalue weighted by atomic mass is 35.5. The molecule has 2 heterocycles. The number of rotatable bonds is 4. The van der Waals surface area contributed by atoms with Crippen molar-refractivity contribution in [3.63, 3.8) is 0 Å². The maximum Gasteiger partial charge on any atom is 0.322 e. The SMILES string of the molecule is CC(C)Oc1nc(Cl)nc(Sc2nc(N)cc(N)n2)n1. The van der Waals surface area contributed by atoms with Crippen molar-refractivity contribution in [1.29, 1.82) is 0 Å². The summed E-state index contributed by atoms with van der Waals surface area (Å²) >= 11 is 6.88. The van der Waals surface area contributed by atoms with Gasteiger partial charge in [0, 0.05) is 6.07 Å². The van der Waals surface area contributed by atoms with Crippen LogP contribution in [0.25, 0.3) is 0 Å². The van der Waals surface area contributed by atoms with Gasteiger partial charge in [-0.1, -0.05) is 0 Å². The minimum atomic E-state index is -0.0782. The van der Waals surface area contributed by atoms with Crippen LogP contribution >= 0.6 is 23.4 Å². The Morgan fingerprint density at radius 3 is 2.25 bits per heavy atom. The summed E-state index contributed by atoms with van der Waals surface area (Å²) < 4.78 is 5.37. The molecule has 0 bridgehead atoms. The number of nitrogens with two attached hydrogens (primary N) is 2. The van der Waals surface area contributed by atoms with Crippen molar-refractivity contribution in [2.24, 2.45) is 0 Å². The van der Waals surface area contributed by atoms with E-state index in [1.54, 1.807) is 0 Å². The van der Waals surface area contributed by atoms with Crippen LogP contribution in [0.4, 0.5) is 11.6 Å². The molecule has 0 radical (unpaired) electrons. The molecule has 0 aliphatic heterocycles. The summed E-state index contributed by atoms with van der Waals surface area (Å²) in [6.45, 7) is 3.71. The molecule has 0 saturated heterocycles. The van der Waals surface area contributed by atoms with Crippen molar-refractivity contribution in [2.45, 2.75) is 30.3 Å². The average molecular weight is 314 g/mol. The predicted octanol–water partition coefficient (Wildman–Crippen LogP) is 1.42. The Bertz CT molecular complexity index is 604. The maximum absolute atomic E-state index is 5.82. The number of hydrogen-bond acceptors (Lipinski definition) is 9. The van der Waals surface area contributed by atoms with Gasteiger partial charge in [0.2, 0.25) is 10.4 Å². The molecule has 8 nitrogen and oxygen atoms in total. The lowest BCUT2D eigenvalue weighted by Gasteiger charge is -2.08. The van der Waals surface area contributed by atoms with Gasteiger partial charge in [-0.25, -0.2) is 9.97 Å². The standard InChI is InChI=1S/C10H12ClN7OS/c1-4(2)19-8-16-7(11)17-10(18-8)20-9-14-5(12)3-6(13)15-9/h3-4H,1-2H3,(H4,12,13,14,15). The quantitative estimate of drug-likeness (QED) is 0.805. The summed E-state index contributed by atoms with van der Waals surface area (Å²) in [6.07, 6.45) is -0.0782. The third kappa shape index (κ3) is 4.07. The topological polar surface area (TPSA) is 126 Å². The molecule has 4 N–H and O–H groups in total. The normalized spacial score (nSPS) is 10.8. The summed E-state index contributed by atoms with van der Waals surface area (Å²) in [6, 6.07) is 1.59. The fourth-order valence-corrected chi connectivity index (χ4v) is 2.14. The minimum Gasteiger partial charge on any atom is -0.461 e. The lowest BCUT2D eigenvalue weighted by atomic mass is 10.5. The molecule has 0 unspecified atom stereocenters. The van der Waals surface area contributed by atoms with Crippen LogP contribution in [-0.4, -0.2) is 31.0 Å². The van der Waals surface area contributed by atoms with Crippen molar-refractivity contribution >= 4 is 35.0 Å². The van der Waals surface area contributed by atoms with E-state index >= 15 is 0 Å². The molecule has 0 amide bonds. The molecule has 2 rings (SSSR count). The van der Waals surface area contributed by atoms with Crippen molar-refractivity contribution in [2.75, 3.05) is 11.5 Å². The molecule has 0 aromatic carbocycles. The Morgan fingerprint density at radius 2 is 1.65 bits per heavy atom. The van der Waals surface area contributed by atoms with Gasteiger partial charge in [0.25, 0.3) is 0 Å². The number of halogens is 1. The average Bonchev–Trinajstić information content (AvgIpc) is 2.24. The van der Waals surface area contributed by atoms with Crippen LogP contribution < -0.4 is 16.2 Å². The highest BCUT2D eigenvalue weighted by Gasteiger charge is 2.11. The van der Waals surface area contributed by atoms with E-state index in [4.69, 9.17) is 27.8 Å². The molecular weight excluding hydrogens is 302 g/mol. The lowest BCUT2D eigenvalue weighted by molar-refractivity contribution is 0.219. The number of anilines is 2. The molecular formula is C10H12ClN7OS. The lowest BCUT2D eigenvalue weighted by Crippen LogP contribution is -2.09. The van der Waals surface area contributed by atoms with Crippen LogP contribution in [0.15, 0.2) is 16.4 Å². The van der Waals surface area contributed by atoms with Gasteiger partial charge in [0.1, 0.15) is 11.6 Å². The molecule has 0 aliphatic carbocycles. The first-order valence-corrected chi connectivity index (χ1v) is 6.78. The van der Waals surface area contributed by atoms with E-state index in [-0.39, 0.29) is 29.0 Å². The maximum atomic E-state index is 5.82. The van der Waals surface area contributed by atoms with E-state index < -0.39 is 0 Å². The van der Waals surface area contributed by atoms with Crippen LogP contribution in [0.5, 0.6) is 6.01 Å². The summed E-state index contributed by atoms with van der Waals surface area (Å²) in [5, 5.41) is 0.640.